The molecule has 1 aromatic heterocycles. The predicted octanol–water partition coefficient (Wildman–Crippen LogP) is 3.49. The lowest BCUT2D eigenvalue weighted by atomic mass is 10.1. The van der Waals surface area contributed by atoms with Crippen molar-refractivity contribution in [1.29, 1.82) is 0 Å². The molecule has 0 spiro atoms. The average molecular weight is 403 g/mol. The highest BCUT2D eigenvalue weighted by molar-refractivity contribution is 7.14. The fourth-order valence-corrected chi connectivity index (χ4v) is 4.14. The number of thiophene rings is 1. The van der Waals surface area contributed by atoms with E-state index >= 15 is 0 Å². The maximum atomic E-state index is 5.38. The van der Waals surface area contributed by atoms with Crippen molar-refractivity contribution in [2.24, 2.45) is 4.99 Å². The minimum absolute atomic E-state index is 0.444. The first-order valence-corrected chi connectivity index (χ1v) is 10.7. The zero-order chi connectivity index (χ0) is 19.8. The van der Waals surface area contributed by atoms with Gasteiger partial charge >= 0.3 is 0 Å². The molecule has 0 bridgehead atoms. The van der Waals surface area contributed by atoms with Gasteiger partial charge in [-0.1, -0.05) is 6.07 Å². The van der Waals surface area contributed by atoms with Crippen LogP contribution >= 0.6 is 11.3 Å². The molecule has 28 heavy (non-hydrogen) atoms. The molecule has 1 aromatic carbocycles. The first-order chi connectivity index (χ1) is 13.7. The quantitative estimate of drug-likeness (QED) is 0.548. The fourth-order valence-electron chi connectivity index (χ4n) is 3.36. The summed E-state index contributed by atoms with van der Waals surface area (Å²) in [6, 6.07) is 10.7. The third kappa shape index (κ3) is 5.32. The van der Waals surface area contributed by atoms with Crippen molar-refractivity contribution in [3.63, 3.8) is 0 Å². The molecule has 2 N–H and O–H groups in total. The summed E-state index contributed by atoms with van der Waals surface area (Å²) in [7, 11) is 3.30. The Balaban J connectivity index is 1.57. The molecule has 3 rings (SSSR count). The number of nitrogens with one attached hydrogen (secondary N) is 2. The normalized spacial score (nSPS) is 15.4. The lowest BCUT2D eigenvalue weighted by molar-refractivity contribution is 0.354. The minimum atomic E-state index is 0.444. The predicted molar refractivity (Wildman–Crippen MR) is 117 cm³/mol. The second-order valence-electron chi connectivity index (χ2n) is 6.74. The van der Waals surface area contributed by atoms with Gasteiger partial charge in [-0.3, -0.25) is 0 Å². The molecule has 1 aliphatic heterocycles. The fraction of sp³-hybridized carbons (Fsp3) is 0.476. The number of guanidine groups is 1. The van der Waals surface area contributed by atoms with Crippen molar-refractivity contribution >= 4 is 22.3 Å². The second-order valence-corrected chi connectivity index (χ2v) is 7.67. The zero-order valence-electron chi connectivity index (χ0n) is 16.9. The van der Waals surface area contributed by atoms with E-state index in [9.17, 15) is 0 Å². The molecule has 1 saturated heterocycles. The average Bonchev–Trinajstić information content (AvgIpc) is 3.27. The Hall–Kier alpha value is -2.41. The van der Waals surface area contributed by atoms with Crippen LogP contribution in [0.1, 0.15) is 25.3 Å². The molecule has 1 aliphatic rings. The van der Waals surface area contributed by atoms with Crippen LogP contribution in [0.25, 0.3) is 0 Å². The van der Waals surface area contributed by atoms with Crippen molar-refractivity contribution < 1.29 is 9.47 Å². The Morgan fingerprint density at radius 3 is 2.61 bits per heavy atom. The molecular weight excluding hydrogens is 372 g/mol. The van der Waals surface area contributed by atoms with Crippen molar-refractivity contribution in [2.45, 2.75) is 32.4 Å². The standard InChI is InChI=1S/C21H30N4O2S/c1-4-22-21(23-15-16-7-8-18(26-2)19(14-16)27-3)24-17-9-11-25(12-10-17)20-6-5-13-28-20/h5-8,13-14,17H,4,9-12,15H2,1-3H3,(H2,22,23,24). The number of hydrogen-bond donors (Lipinski definition) is 2. The Morgan fingerprint density at radius 2 is 1.96 bits per heavy atom. The minimum Gasteiger partial charge on any atom is -0.493 e. The Morgan fingerprint density at radius 1 is 1.18 bits per heavy atom. The van der Waals surface area contributed by atoms with Gasteiger partial charge in [0.2, 0.25) is 0 Å². The first kappa shape index (κ1) is 20.3. The summed E-state index contributed by atoms with van der Waals surface area (Å²) in [5.41, 5.74) is 1.09. The van der Waals surface area contributed by atoms with Crippen LogP contribution in [0, 0.1) is 0 Å². The highest BCUT2D eigenvalue weighted by Crippen LogP contribution is 2.28. The van der Waals surface area contributed by atoms with E-state index in [4.69, 9.17) is 14.5 Å². The van der Waals surface area contributed by atoms with E-state index in [0.717, 1.165) is 55.5 Å². The number of piperidine rings is 1. The third-order valence-electron chi connectivity index (χ3n) is 4.87. The Kier molecular flexibility index (Phi) is 7.42. The smallest absolute Gasteiger partial charge is 0.191 e. The summed E-state index contributed by atoms with van der Waals surface area (Å²) in [4.78, 5) is 7.23. The molecule has 1 fully saturated rings. The maximum Gasteiger partial charge on any atom is 0.191 e. The number of ether oxygens (including phenoxy) is 2. The highest BCUT2D eigenvalue weighted by Gasteiger charge is 2.20. The van der Waals surface area contributed by atoms with Gasteiger partial charge in [0.1, 0.15) is 0 Å². The van der Waals surface area contributed by atoms with E-state index in [1.54, 1.807) is 14.2 Å². The van der Waals surface area contributed by atoms with Crippen LogP contribution < -0.4 is 25.0 Å². The van der Waals surface area contributed by atoms with Crippen LogP contribution in [0.4, 0.5) is 5.00 Å². The number of methoxy groups -OCH3 is 2. The number of hydrogen-bond acceptors (Lipinski definition) is 5. The Bertz CT molecular complexity index is 756. The van der Waals surface area contributed by atoms with Gasteiger partial charge in [0.15, 0.2) is 17.5 Å². The summed E-state index contributed by atoms with van der Waals surface area (Å²) in [5, 5.41) is 10.5. The summed E-state index contributed by atoms with van der Waals surface area (Å²) in [5.74, 6) is 2.33. The monoisotopic (exact) mass is 402 g/mol. The highest BCUT2D eigenvalue weighted by atomic mass is 32.1. The molecule has 0 radical (unpaired) electrons. The van der Waals surface area contributed by atoms with E-state index in [-0.39, 0.29) is 0 Å². The van der Waals surface area contributed by atoms with Crippen LogP contribution in [0.15, 0.2) is 40.7 Å². The van der Waals surface area contributed by atoms with Crippen LogP contribution in [-0.2, 0) is 6.54 Å². The summed E-state index contributed by atoms with van der Waals surface area (Å²) in [6.45, 7) is 5.67. The van der Waals surface area contributed by atoms with E-state index < -0.39 is 0 Å². The molecule has 0 saturated carbocycles. The molecule has 6 nitrogen and oxygen atoms in total. The van der Waals surface area contributed by atoms with Crippen LogP contribution in [0.3, 0.4) is 0 Å². The van der Waals surface area contributed by atoms with Crippen LogP contribution in [-0.4, -0.2) is 45.9 Å². The van der Waals surface area contributed by atoms with E-state index in [1.165, 1.54) is 5.00 Å². The van der Waals surface area contributed by atoms with Crippen LogP contribution in [0.5, 0.6) is 11.5 Å². The molecule has 2 aromatic rings. The van der Waals surface area contributed by atoms with Gasteiger partial charge < -0.3 is 25.0 Å². The summed E-state index contributed by atoms with van der Waals surface area (Å²) < 4.78 is 10.7. The van der Waals surface area contributed by atoms with Gasteiger partial charge in [0.05, 0.1) is 25.8 Å². The van der Waals surface area contributed by atoms with Gasteiger partial charge in [-0.25, -0.2) is 4.99 Å². The molecule has 0 atom stereocenters. The van der Waals surface area contributed by atoms with Gasteiger partial charge in [-0.15, -0.1) is 11.3 Å². The number of rotatable bonds is 7. The number of benzene rings is 1. The van der Waals surface area contributed by atoms with Gasteiger partial charge in [-0.05, 0) is 55.0 Å². The number of anilines is 1. The van der Waals surface area contributed by atoms with Gasteiger partial charge in [0.25, 0.3) is 0 Å². The van der Waals surface area contributed by atoms with Crippen molar-refractivity contribution in [3.8, 4) is 11.5 Å². The number of nitrogens with zero attached hydrogens (tertiary/aromatic N) is 2. The lowest BCUT2D eigenvalue weighted by Gasteiger charge is -2.33. The number of aliphatic imine (C=N–C) groups is 1. The van der Waals surface area contributed by atoms with Gasteiger partial charge in [-0.2, -0.15) is 0 Å². The zero-order valence-corrected chi connectivity index (χ0v) is 17.7. The second kappa shape index (κ2) is 10.2. The SMILES string of the molecule is CCNC(=NCc1ccc(OC)c(OC)c1)NC1CCN(c2cccs2)CC1. The third-order valence-corrected chi connectivity index (χ3v) is 5.79. The lowest BCUT2D eigenvalue weighted by Crippen LogP contribution is -2.48. The maximum absolute atomic E-state index is 5.38. The summed E-state index contributed by atoms with van der Waals surface area (Å²) in [6.07, 6.45) is 2.22. The largest absolute Gasteiger partial charge is 0.493 e. The van der Waals surface area contributed by atoms with Crippen LogP contribution in [0.2, 0.25) is 0 Å². The van der Waals surface area contributed by atoms with Crippen molar-refractivity contribution in [3.05, 3.63) is 41.3 Å². The topological polar surface area (TPSA) is 58.1 Å². The summed E-state index contributed by atoms with van der Waals surface area (Å²) >= 11 is 1.81. The molecule has 152 valence electrons. The molecule has 0 aliphatic carbocycles. The molecular formula is C21H30N4O2S. The molecule has 7 heteroatoms. The Labute approximate surface area is 171 Å². The van der Waals surface area contributed by atoms with Crippen molar-refractivity contribution in [1.82, 2.24) is 10.6 Å². The van der Waals surface area contributed by atoms with E-state index in [0.29, 0.717) is 12.6 Å². The van der Waals surface area contributed by atoms with E-state index in [1.807, 2.05) is 29.5 Å². The van der Waals surface area contributed by atoms with Gasteiger partial charge in [0, 0.05) is 25.7 Å². The van der Waals surface area contributed by atoms with Crippen molar-refractivity contribution in [2.75, 3.05) is 38.8 Å². The molecule has 2 heterocycles. The molecule has 0 amide bonds. The molecule has 0 unspecified atom stereocenters. The first-order valence-electron chi connectivity index (χ1n) is 9.77. The van der Waals surface area contributed by atoms with E-state index in [2.05, 4.69) is 40.0 Å².